The van der Waals surface area contributed by atoms with Crippen LogP contribution >= 0.6 is 15.9 Å². The number of hydrogen-bond donors (Lipinski definition) is 0. The molecule has 6 heteroatoms. The highest BCUT2D eigenvalue weighted by Gasteiger charge is 2.23. The molecule has 0 aliphatic heterocycles. The molecule has 0 fully saturated rings. The first-order valence-corrected chi connectivity index (χ1v) is 12.1. The summed E-state index contributed by atoms with van der Waals surface area (Å²) < 4.78 is 18.6. The van der Waals surface area contributed by atoms with Crippen molar-refractivity contribution < 1.29 is 9.31 Å². The Kier molecular flexibility index (Phi) is 5.38. The van der Waals surface area contributed by atoms with Crippen molar-refractivity contribution in [3.8, 4) is 27.9 Å². The summed E-state index contributed by atoms with van der Waals surface area (Å²) in [4.78, 5) is 10.9. The molecule has 0 saturated carbocycles. The van der Waals surface area contributed by atoms with Gasteiger partial charge in [0.25, 0.3) is 0 Å². The molecule has 0 aliphatic rings. The van der Waals surface area contributed by atoms with E-state index in [-0.39, 0.29) is 5.56 Å². The lowest BCUT2D eigenvalue weighted by Gasteiger charge is -2.15. The third kappa shape index (κ3) is 3.49. The molecule has 0 radical (unpaired) electrons. The number of nitro benzene ring substituents is 1. The van der Waals surface area contributed by atoms with Gasteiger partial charge in [0.15, 0.2) is 0 Å². The molecular weight excluding hydrogens is 519 g/mol. The molecule has 0 amide bonds. The minimum absolute atomic E-state index is 0.182. The average molecular weight is 537 g/mol. The van der Waals surface area contributed by atoms with Gasteiger partial charge in [-0.2, -0.15) is 4.39 Å². The van der Waals surface area contributed by atoms with E-state index in [0.717, 1.165) is 43.1 Å². The molecular formula is C30H18BrFN2O2. The number of rotatable bonds is 4. The van der Waals surface area contributed by atoms with Crippen LogP contribution in [0.5, 0.6) is 0 Å². The monoisotopic (exact) mass is 536 g/mol. The van der Waals surface area contributed by atoms with E-state index >= 15 is 4.39 Å². The van der Waals surface area contributed by atoms with Gasteiger partial charge >= 0.3 is 5.69 Å². The molecule has 36 heavy (non-hydrogen) atoms. The highest BCUT2D eigenvalue weighted by atomic mass is 79.9. The second-order valence-corrected chi connectivity index (χ2v) is 9.33. The smallest absolute Gasteiger partial charge is 0.305 e. The number of para-hydroxylation sites is 2. The molecule has 0 atom stereocenters. The van der Waals surface area contributed by atoms with E-state index in [1.807, 2.05) is 72.8 Å². The number of nitro groups is 1. The molecule has 0 spiro atoms. The summed E-state index contributed by atoms with van der Waals surface area (Å²) in [5, 5.41) is 13.6. The van der Waals surface area contributed by atoms with E-state index in [2.05, 4.69) is 38.7 Å². The zero-order valence-electron chi connectivity index (χ0n) is 18.9. The maximum Gasteiger partial charge on any atom is 0.305 e. The fraction of sp³-hybridized carbons (Fsp3) is 0. The normalized spacial score (nSPS) is 11.3. The van der Waals surface area contributed by atoms with Crippen LogP contribution in [0.25, 0.3) is 49.7 Å². The van der Waals surface area contributed by atoms with E-state index in [1.54, 1.807) is 6.07 Å². The van der Waals surface area contributed by atoms with Gasteiger partial charge in [-0.3, -0.25) is 10.1 Å². The van der Waals surface area contributed by atoms with Crippen LogP contribution in [0.15, 0.2) is 114 Å². The average Bonchev–Trinajstić information content (AvgIpc) is 3.22. The second-order valence-electron chi connectivity index (χ2n) is 8.48. The molecule has 5 aromatic carbocycles. The van der Waals surface area contributed by atoms with Crippen LogP contribution in [0.3, 0.4) is 0 Å². The summed E-state index contributed by atoms with van der Waals surface area (Å²) in [6.45, 7) is 0. The lowest BCUT2D eigenvalue weighted by atomic mass is 9.92. The Morgan fingerprint density at radius 1 is 0.667 bits per heavy atom. The van der Waals surface area contributed by atoms with E-state index < -0.39 is 16.4 Å². The summed E-state index contributed by atoms with van der Waals surface area (Å²) in [5.41, 5.74) is 4.75. The number of nitrogens with zero attached hydrogens (tertiary/aromatic N) is 2. The Hall–Kier alpha value is -4.29. The zero-order chi connectivity index (χ0) is 24.8. The van der Waals surface area contributed by atoms with Crippen molar-refractivity contribution in [3.05, 3.63) is 130 Å². The van der Waals surface area contributed by atoms with Gasteiger partial charge in [0.05, 0.1) is 16.0 Å². The van der Waals surface area contributed by atoms with Crippen molar-refractivity contribution in [1.29, 1.82) is 0 Å². The van der Waals surface area contributed by atoms with Crippen molar-refractivity contribution in [2.45, 2.75) is 0 Å². The summed E-state index contributed by atoms with van der Waals surface area (Å²) in [6.07, 6.45) is 0. The quantitative estimate of drug-likeness (QED) is 0.167. The molecule has 1 heterocycles. The van der Waals surface area contributed by atoms with E-state index in [1.165, 1.54) is 12.1 Å². The number of benzene rings is 5. The Balaban J connectivity index is 1.79. The van der Waals surface area contributed by atoms with Crippen molar-refractivity contribution >= 4 is 43.4 Å². The Morgan fingerprint density at radius 2 is 1.33 bits per heavy atom. The number of aromatic nitrogens is 1. The van der Waals surface area contributed by atoms with Gasteiger partial charge in [-0.1, -0.05) is 82.7 Å². The van der Waals surface area contributed by atoms with Gasteiger partial charge in [0, 0.05) is 32.6 Å². The van der Waals surface area contributed by atoms with Crippen LogP contribution in [-0.2, 0) is 0 Å². The van der Waals surface area contributed by atoms with Crippen LogP contribution in [0, 0.1) is 15.9 Å². The van der Waals surface area contributed by atoms with Gasteiger partial charge < -0.3 is 4.57 Å². The number of fused-ring (bicyclic) bond motifs is 3. The number of halogens is 2. The lowest BCUT2D eigenvalue weighted by Crippen LogP contribution is -1.97. The van der Waals surface area contributed by atoms with Crippen molar-refractivity contribution in [2.75, 3.05) is 0 Å². The summed E-state index contributed by atoms with van der Waals surface area (Å²) in [5.74, 6) is -0.850. The molecule has 6 aromatic rings. The predicted molar refractivity (Wildman–Crippen MR) is 146 cm³/mol. The molecule has 0 aliphatic carbocycles. The zero-order valence-corrected chi connectivity index (χ0v) is 20.4. The van der Waals surface area contributed by atoms with Crippen LogP contribution in [0.2, 0.25) is 0 Å². The molecule has 0 bridgehead atoms. The lowest BCUT2D eigenvalue weighted by molar-refractivity contribution is -0.387. The van der Waals surface area contributed by atoms with Crippen LogP contribution in [-0.4, -0.2) is 9.49 Å². The predicted octanol–water partition coefficient (Wildman–Crippen LogP) is 8.93. The van der Waals surface area contributed by atoms with Gasteiger partial charge in [-0.25, -0.2) is 0 Å². The molecule has 1 aromatic heterocycles. The highest BCUT2D eigenvalue weighted by Crippen LogP contribution is 2.43. The maximum atomic E-state index is 15.6. The fourth-order valence-electron chi connectivity index (χ4n) is 4.86. The first-order chi connectivity index (χ1) is 17.5. The van der Waals surface area contributed by atoms with Crippen LogP contribution < -0.4 is 0 Å². The van der Waals surface area contributed by atoms with Crippen molar-refractivity contribution in [1.82, 2.24) is 4.57 Å². The van der Waals surface area contributed by atoms with E-state index in [4.69, 9.17) is 0 Å². The molecule has 0 N–H and O–H groups in total. The van der Waals surface area contributed by atoms with E-state index in [9.17, 15) is 10.1 Å². The fourth-order valence-corrected chi connectivity index (χ4v) is 5.36. The van der Waals surface area contributed by atoms with Gasteiger partial charge in [0.1, 0.15) is 0 Å². The third-order valence-electron chi connectivity index (χ3n) is 6.46. The van der Waals surface area contributed by atoms with Gasteiger partial charge in [-0.05, 0) is 53.1 Å². The molecule has 174 valence electrons. The van der Waals surface area contributed by atoms with Gasteiger partial charge in [-0.15, -0.1) is 0 Å². The molecule has 0 unspecified atom stereocenters. The molecule has 0 saturated heterocycles. The van der Waals surface area contributed by atoms with Crippen molar-refractivity contribution in [3.63, 3.8) is 0 Å². The first-order valence-electron chi connectivity index (χ1n) is 11.4. The summed E-state index contributed by atoms with van der Waals surface area (Å²) in [7, 11) is 0. The Morgan fingerprint density at radius 3 is 2.11 bits per heavy atom. The number of hydrogen-bond acceptors (Lipinski definition) is 2. The largest absolute Gasteiger partial charge is 0.309 e. The standard InChI is InChI=1S/C30H18BrFN2O2/c31-26-14-6-4-11-20(26)23-17-25-21-12-5-7-15-27(21)33(19-9-2-1-3-10-19)29(25)18-24(23)22-13-8-16-28(30(22)32)34(35)36/h1-18H. The third-order valence-corrected chi connectivity index (χ3v) is 7.15. The summed E-state index contributed by atoms with van der Waals surface area (Å²) in [6, 6.07) is 34.2. The minimum Gasteiger partial charge on any atom is -0.309 e. The Bertz CT molecular complexity index is 1790. The maximum absolute atomic E-state index is 15.6. The van der Waals surface area contributed by atoms with Crippen LogP contribution in [0.1, 0.15) is 0 Å². The SMILES string of the molecule is O=[N+]([O-])c1cccc(-c2cc3c(cc2-c2ccccc2Br)c2ccccc2n3-c2ccccc2)c1F. The summed E-state index contributed by atoms with van der Waals surface area (Å²) >= 11 is 3.64. The topological polar surface area (TPSA) is 48.1 Å². The van der Waals surface area contributed by atoms with Gasteiger partial charge in [0.2, 0.25) is 5.82 Å². The highest BCUT2D eigenvalue weighted by molar-refractivity contribution is 9.10. The van der Waals surface area contributed by atoms with E-state index in [0.29, 0.717) is 5.56 Å². The molecule has 4 nitrogen and oxygen atoms in total. The second kappa shape index (κ2) is 8.73. The minimum atomic E-state index is -0.850. The van der Waals surface area contributed by atoms with Crippen LogP contribution in [0.4, 0.5) is 10.1 Å². The van der Waals surface area contributed by atoms with Crippen molar-refractivity contribution in [2.24, 2.45) is 0 Å². The first kappa shape index (κ1) is 22.2. The Labute approximate surface area is 214 Å². The molecule has 6 rings (SSSR count).